The zero-order chi connectivity index (χ0) is 43.6. The minimum Gasteiger partial charge on any atom is -0.382 e. The summed E-state index contributed by atoms with van der Waals surface area (Å²) in [7, 11) is -16.3. The molecule has 0 saturated heterocycles. The lowest BCUT2D eigenvalue weighted by Crippen LogP contribution is -2.30. The van der Waals surface area contributed by atoms with Crippen molar-refractivity contribution in [2.75, 3.05) is 63.1 Å². The maximum absolute atomic E-state index is 12.1. The van der Waals surface area contributed by atoms with Gasteiger partial charge in [0.15, 0.2) is 0 Å². The van der Waals surface area contributed by atoms with E-state index >= 15 is 0 Å². The number of ether oxygens (including phenoxy) is 3. The van der Waals surface area contributed by atoms with Gasteiger partial charge in [0.25, 0.3) is 40.5 Å². The van der Waals surface area contributed by atoms with Gasteiger partial charge < -0.3 is 19.1 Å². The molecule has 0 fully saturated rings. The second kappa shape index (κ2) is 20.3. The Balaban J connectivity index is 2.03. The summed E-state index contributed by atoms with van der Waals surface area (Å²) in [6.45, 7) is 11.5. The third kappa shape index (κ3) is 13.9. The van der Waals surface area contributed by atoms with Crippen molar-refractivity contribution in [1.82, 2.24) is 0 Å². The van der Waals surface area contributed by atoms with Crippen LogP contribution in [0.5, 0.6) is 0 Å². The molecule has 0 spiro atoms. The van der Waals surface area contributed by atoms with Crippen molar-refractivity contribution in [3.05, 3.63) is 101 Å². The highest BCUT2D eigenvalue weighted by Gasteiger charge is 2.44. The first kappa shape index (κ1) is 49.1. The summed E-state index contributed by atoms with van der Waals surface area (Å²) < 4.78 is 150. The van der Waals surface area contributed by atoms with Gasteiger partial charge in [-0.3, -0.25) is 18.2 Å². The molecule has 4 N–H and O–H groups in total. The van der Waals surface area contributed by atoms with Crippen LogP contribution in [0, 0.1) is 6.92 Å². The Kier molecular flexibility index (Phi) is 17.2. The number of fused-ring (bicyclic) bond motifs is 1. The van der Waals surface area contributed by atoms with Gasteiger partial charge in [0.05, 0.1) is 47.7 Å². The molecule has 2 atom stereocenters. The topological polar surface area (TPSA) is 248 Å². The van der Waals surface area contributed by atoms with Crippen LogP contribution in [0.25, 0.3) is 0 Å². The maximum atomic E-state index is 12.1. The Labute approximate surface area is 342 Å². The highest BCUT2D eigenvalue weighted by molar-refractivity contribution is 7.86. The molecule has 3 rings (SSSR count). The molecule has 58 heavy (non-hydrogen) atoms. The van der Waals surface area contributed by atoms with E-state index in [1.165, 1.54) is 30.3 Å². The highest BCUT2D eigenvalue weighted by atomic mass is 32.2. The first-order chi connectivity index (χ1) is 26.8. The molecule has 1 aliphatic heterocycles. The van der Waals surface area contributed by atoms with Crippen LogP contribution in [0.15, 0.2) is 94.4 Å². The summed E-state index contributed by atoms with van der Waals surface area (Å²) in [5, 5.41) is 0. The van der Waals surface area contributed by atoms with Crippen LogP contribution >= 0.6 is 0 Å². The smallest absolute Gasteiger partial charge is 0.294 e. The number of methoxy groups -OCH3 is 1. The lowest BCUT2D eigenvalue weighted by atomic mass is 9.72. The predicted octanol–water partition coefficient (Wildman–Crippen LogP) is 5.09. The van der Waals surface area contributed by atoms with E-state index in [0.29, 0.717) is 60.9 Å². The van der Waals surface area contributed by atoms with E-state index in [1.54, 1.807) is 55.4 Å². The molecule has 2 aromatic carbocycles. The molecule has 324 valence electrons. The minimum atomic E-state index is -4.66. The zero-order valence-electron chi connectivity index (χ0n) is 32.9. The predicted molar refractivity (Wildman–Crippen MR) is 220 cm³/mol. The van der Waals surface area contributed by atoms with Crippen molar-refractivity contribution >= 4 is 46.2 Å². The van der Waals surface area contributed by atoms with Crippen LogP contribution in [0.3, 0.4) is 0 Å². The third-order valence-corrected chi connectivity index (χ3v) is 13.3. The fourth-order valence-electron chi connectivity index (χ4n) is 6.84. The second-order valence-corrected chi connectivity index (χ2v) is 20.2. The number of rotatable bonds is 24. The van der Waals surface area contributed by atoms with Gasteiger partial charge in [-0.15, -0.1) is 0 Å². The molecule has 0 aromatic heterocycles. The molecule has 1 aliphatic rings. The molecule has 1 heterocycles. The number of anilines is 1. The number of hydrogen-bond donors (Lipinski definition) is 4. The van der Waals surface area contributed by atoms with Gasteiger partial charge in [0.2, 0.25) is 0 Å². The average molecular weight is 892 g/mol. The fourth-order valence-corrected chi connectivity index (χ4v) is 8.86. The van der Waals surface area contributed by atoms with Gasteiger partial charge in [0.1, 0.15) is 0 Å². The Hall–Kier alpha value is -3.28. The summed E-state index contributed by atoms with van der Waals surface area (Å²) in [5.74, 6) is -1.17. The van der Waals surface area contributed by atoms with Crippen molar-refractivity contribution in [1.29, 1.82) is 0 Å². The molecule has 0 amide bonds. The largest absolute Gasteiger partial charge is 0.382 e. The van der Waals surface area contributed by atoms with Gasteiger partial charge in [-0.25, -0.2) is 0 Å². The third-order valence-electron chi connectivity index (χ3n) is 10.0. The molecule has 0 radical (unpaired) electrons. The van der Waals surface area contributed by atoms with E-state index in [-0.39, 0.29) is 37.3 Å². The lowest BCUT2D eigenvalue weighted by molar-refractivity contribution is 0.0219. The number of nitrogens with zero attached hydrogens (tertiary/aromatic N) is 1. The standard InChI is InChI=1S/C38H53NO15S4/c1-29-13-14-31(57(46,47)48)27-33(29)37(3,18-20-53-23-24-54-22-21-52-5)30(2)11-7-6-8-12-36-38(4,17-9-25-55(40,41)42)34-28-32(58(49,50)51)15-16-35(34)39(36)19-10-26-56(43,44)45/h6-8,11-16,27-28H,2,9-10,17-26H2,1,3-5H3,(H,40,41,42)(H,43,44,45)(H,46,47,48)(H,49,50,51)/b8-6+,11-7+,36-12+. The minimum absolute atomic E-state index is 0.0401. The van der Waals surface area contributed by atoms with E-state index < -0.39 is 67.7 Å². The van der Waals surface area contributed by atoms with Crippen LogP contribution in [0.1, 0.15) is 56.2 Å². The Bertz CT molecular complexity index is 2320. The van der Waals surface area contributed by atoms with Gasteiger partial charge in [-0.2, -0.15) is 33.7 Å². The average Bonchev–Trinajstić information content (AvgIpc) is 3.33. The van der Waals surface area contributed by atoms with Crippen LogP contribution in [0.2, 0.25) is 0 Å². The number of allylic oxidation sites excluding steroid dienone is 7. The normalized spacial score (nSPS) is 18.3. The molecule has 0 aliphatic carbocycles. The monoisotopic (exact) mass is 891 g/mol. The van der Waals surface area contributed by atoms with Crippen molar-refractivity contribution in [3.8, 4) is 0 Å². The van der Waals surface area contributed by atoms with E-state index in [9.17, 15) is 51.9 Å². The van der Waals surface area contributed by atoms with E-state index in [4.69, 9.17) is 14.2 Å². The number of aryl methyl sites for hydroxylation is 1. The Morgan fingerprint density at radius 2 is 1.36 bits per heavy atom. The van der Waals surface area contributed by atoms with Gasteiger partial charge in [-0.05, 0) is 98.2 Å². The summed E-state index contributed by atoms with van der Waals surface area (Å²) >= 11 is 0. The molecular formula is C38H53NO15S4. The van der Waals surface area contributed by atoms with Crippen molar-refractivity contribution in [2.24, 2.45) is 0 Å². The van der Waals surface area contributed by atoms with Crippen molar-refractivity contribution in [3.63, 3.8) is 0 Å². The molecular weight excluding hydrogens is 839 g/mol. The molecule has 16 nitrogen and oxygen atoms in total. The summed E-state index contributed by atoms with van der Waals surface area (Å²) in [4.78, 5) is 1.03. The fraction of sp³-hybridized carbons (Fsp3) is 0.474. The molecule has 20 heteroatoms. The van der Waals surface area contributed by atoms with Crippen LogP contribution in [-0.2, 0) is 65.5 Å². The first-order valence-corrected chi connectivity index (χ1v) is 24.2. The molecule has 2 unspecified atom stereocenters. The second-order valence-electron chi connectivity index (χ2n) is 14.2. The van der Waals surface area contributed by atoms with Crippen molar-refractivity contribution in [2.45, 2.75) is 67.1 Å². The van der Waals surface area contributed by atoms with Gasteiger partial charge in [-0.1, -0.05) is 43.9 Å². The van der Waals surface area contributed by atoms with Crippen LogP contribution in [-0.4, -0.2) is 110 Å². The van der Waals surface area contributed by atoms with Crippen molar-refractivity contribution < 1.29 is 66.1 Å². The van der Waals surface area contributed by atoms with Crippen LogP contribution in [0.4, 0.5) is 5.69 Å². The van der Waals surface area contributed by atoms with E-state index in [1.807, 2.05) is 13.8 Å². The van der Waals surface area contributed by atoms with E-state index in [0.717, 1.165) is 5.56 Å². The summed E-state index contributed by atoms with van der Waals surface area (Å²) in [5.41, 5.74) is 1.27. The summed E-state index contributed by atoms with van der Waals surface area (Å²) in [6, 6.07) is 8.20. The zero-order valence-corrected chi connectivity index (χ0v) is 36.2. The van der Waals surface area contributed by atoms with Gasteiger partial charge in [0, 0.05) is 42.5 Å². The highest BCUT2D eigenvalue weighted by Crippen LogP contribution is 2.51. The SMILES string of the molecule is C=C(/C=C/C=C/C=C1/N(CCCS(=O)(=O)O)c2ccc(S(=O)(=O)O)cc2C1(C)CCCS(=O)(=O)O)C(C)(CCOCCOCCOC)c1cc(S(=O)(=O)O)ccc1C. The van der Waals surface area contributed by atoms with Gasteiger partial charge >= 0.3 is 0 Å². The molecule has 0 saturated carbocycles. The Morgan fingerprint density at radius 3 is 1.97 bits per heavy atom. The lowest BCUT2D eigenvalue weighted by Gasteiger charge is -2.33. The van der Waals surface area contributed by atoms with E-state index in [2.05, 4.69) is 6.58 Å². The Morgan fingerprint density at radius 1 is 0.793 bits per heavy atom. The maximum Gasteiger partial charge on any atom is 0.294 e. The summed E-state index contributed by atoms with van der Waals surface area (Å²) in [6.07, 6.45) is 8.76. The first-order valence-electron chi connectivity index (χ1n) is 18.1. The quantitative estimate of drug-likeness (QED) is 0.0609. The molecule has 0 bridgehead atoms. The van der Waals surface area contributed by atoms with Crippen LogP contribution < -0.4 is 4.90 Å². The number of hydrogen-bond acceptors (Lipinski definition) is 12. The molecule has 2 aromatic rings. The number of benzene rings is 2.